The second-order valence-corrected chi connectivity index (χ2v) is 5.21. The zero-order valence-electron chi connectivity index (χ0n) is 9.96. The lowest BCUT2D eigenvalue weighted by Gasteiger charge is -2.25. The molecular weight excluding hydrogens is 273 g/mol. The van der Waals surface area contributed by atoms with Crippen LogP contribution in [0.15, 0.2) is 12.3 Å². The van der Waals surface area contributed by atoms with E-state index in [2.05, 4.69) is 15.2 Å². The molecule has 0 aromatic carbocycles. The largest absolute Gasteiger partial charge is 0.308 e. The Morgan fingerprint density at radius 2 is 2.06 bits per heavy atom. The summed E-state index contributed by atoms with van der Waals surface area (Å²) in [7, 11) is 0. The van der Waals surface area contributed by atoms with Gasteiger partial charge in [0.05, 0.1) is 16.6 Å². The summed E-state index contributed by atoms with van der Waals surface area (Å²) in [6, 6.07) is 1.56. The number of piperidine rings is 1. The first-order valence-corrected chi connectivity index (χ1v) is 6.74. The molecule has 1 aromatic heterocycles. The van der Waals surface area contributed by atoms with Gasteiger partial charge in [0, 0.05) is 6.20 Å². The van der Waals surface area contributed by atoms with Crippen LogP contribution in [0.5, 0.6) is 0 Å². The van der Waals surface area contributed by atoms with Gasteiger partial charge in [-0.05, 0) is 32.0 Å². The second-order valence-electron chi connectivity index (χ2n) is 4.37. The molecule has 1 amide bonds. The van der Waals surface area contributed by atoms with Crippen LogP contribution in [0.4, 0.5) is 5.82 Å². The highest BCUT2D eigenvalue weighted by molar-refractivity contribution is 6.36. The molecule has 98 valence electrons. The Hall–Kier alpha value is -0.840. The van der Waals surface area contributed by atoms with E-state index in [1.165, 1.54) is 12.6 Å². The maximum Gasteiger partial charge on any atom is 0.239 e. The summed E-state index contributed by atoms with van der Waals surface area (Å²) in [5, 5.41) is 3.51. The van der Waals surface area contributed by atoms with Crippen LogP contribution in [0, 0.1) is 0 Å². The Bertz CT molecular complexity index is 433. The van der Waals surface area contributed by atoms with Crippen LogP contribution in [-0.2, 0) is 4.79 Å². The van der Waals surface area contributed by atoms with E-state index in [0.717, 1.165) is 25.9 Å². The van der Waals surface area contributed by atoms with Gasteiger partial charge >= 0.3 is 0 Å². The minimum atomic E-state index is -0.0892. The lowest BCUT2D eigenvalue weighted by molar-refractivity contribution is -0.117. The molecule has 6 heteroatoms. The van der Waals surface area contributed by atoms with Gasteiger partial charge in [0.1, 0.15) is 0 Å². The van der Waals surface area contributed by atoms with Gasteiger partial charge in [-0.3, -0.25) is 9.69 Å². The molecular formula is C12H15Cl2N3O. The third kappa shape index (κ3) is 3.83. The topological polar surface area (TPSA) is 45.2 Å². The van der Waals surface area contributed by atoms with E-state index in [4.69, 9.17) is 23.2 Å². The van der Waals surface area contributed by atoms with Gasteiger partial charge in [0.2, 0.25) is 5.91 Å². The number of carbonyl (C=O) groups excluding carboxylic acids is 1. The number of hydrogen-bond acceptors (Lipinski definition) is 3. The number of nitrogens with zero attached hydrogens (tertiary/aromatic N) is 2. The molecule has 1 saturated heterocycles. The number of anilines is 1. The number of likely N-dealkylation sites (tertiary alicyclic amines) is 1. The standard InChI is InChI=1S/C12H15Cl2N3O/c13-9-6-10(14)12(15-7-9)16-11(18)8-17-4-2-1-3-5-17/h6-7H,1-5,8H2,(H,15,16,18). The Morgan fingerprint density at radius 1 is 1.33 bits per heavy atom. The van der Waals surface area contributed by atoms with Crippen molar-refractivity contribution in [3.8, 4) is 0 Å². The molecule has 18 heavy (non-hydrogen) atoms. The highest BCUT2D eigenvalue weighted by atomic mass is 35.5. The van der Waals surface area contributed by atoms with Crippen LogP contribution in [-0.4, -0.2) is 35.4 Å². The number of halogens is 2. The summed E-state index contributed by atoms with van der Waals surface area (Å²) in [5.41, 5.74) is 0. The monoisotopic (exact) mass is 287 g/mol. The fourth-order valence-corrected chi connectivity index (χ4v) is 2.43. The first kappa shape index (κ1) is 13.6. The van der Waals surface area contributed by atoms with Gasteiger partial charge in [-0.15, -0.1) is 0 Å². The van der Waals surface area contributed by atoms with Crippen molar-refractivity contribution in [1.29, 1.82) is 0 Å². The van der Waals surface area contributed by atoms with Gasteiger partial charge in [-0.25, -0.2) is 4.98 Å². The van der Waals surface area contributed by atoms with Crippen molar-refractivity contribution >= 4 is 34.9 Å². The molecule has 0 bridgehead atoms. The molecule has 2 heterocycles. The quantitative estimate of drug-likeness (QED) is 0.930. The van der Waals surface area contributed by atoms with E-state index in [1.54, 1.807) is 6.07 Å². The first-order chi connectivity index (χ1) is 8.65. The summed E-state index contributed by atoms with van der Waals surface area (Å²) in [6.45, 7) is 2.35. The van der Waals surface area contributed by atoms with Crippen LogP contribution in [0.25, 0.3) is 0 Å². The predicted molar refractivity (Wildman–Crippen MR) is 73.2 cm³/mol. The van der Waals surface area contributed by atoms with E-state index in [1.807, 2.05) is 0 Å². The smallest absolute Gasteiger partial charge is 0.239 e. The zero-order chi connectivity index (χ0) is 13.0. The summed E-state index contributed by atoms with van der Waals surface area (Å²) in [5.74, 6) is 0.275. The van der Waals surface area contributed by atoms with Crippen LogP contribution in [0.1, 0.15) is 19.3 Å². The highest BCUT2D eigenvalue weighted by Crippen LogP contribution is 2.22. The van der Waals surface area contributed by atoms with Gasteiger partial charge in [0.15, 0.2) is 5.82 Å². The van der Waals surface area contributed by atoms with Gasteiger partial charge in [0.25, 0.3) is 0 Å². The van der Waals surface area contributed by atoms with E-state index in [0.29, 0.717) is 22.4 Å². The molecule has 0 aliphatic carbocycles. The molecule has 1 N–H and O–H groups in total. The number of hydrogen-bond donors (Lipinski definition) is 1. The fourth-order valence-electron chi connectivity index (χ4n) is 2.00. The van der Waals surface area contributed by atoms with Crippen LogP contribution in [0.3, 0.4) is 0 Å². The molecule has 0 saturated carbocycles. The van der Waals surface area contributed by atoms with Gasteiger partial charge < -0.3 is 5.32 Å². The number of nitrogens with one attached hydrogen (secondary N) is 1. The van der Waals surface area contributed by atoms with Gasteiger partial charge in [-0.1, -0.05) is 29.6 Å². The van der Waals surface area contributed by atoms with Crippen LogP contribution < -0.4 is 5.32 Å². The van der Waals surface area contributed by atoms with E-state index >= 15 is 0 Å². The van der Waals surface area contributed by atoms with Crippen molar-refractivity contribution in [3.05, 3.63) is 22.3 Å². The molecule has 1 aromatic rings. The first-order valence-electron chi connectivity index (χ1n) is 5.98. The predicted octanol–water partition coefficient (Wildman–Crippen LogP) is 2.81. The lowest BCUT2D eigenvalue weighted by atomic mass is 10.1. The Labute approximate surface area is 116 Å². The van der Waals surface area contributed by atoms with Crippen molar-refractivity contribution in [2.24, 2.45) is 0 Å². The average molecular weight is 288 g/mol. The Balaban J connectivity index is 1.90. The SMILES string of the molecule is O=C(CN1CCCCC1)Nc1ncc(Cl)cc1Cl. The molecule has 0 atom stereocenters. The minimum absolute atomic E-state index is 0.0892. The summed E-state index contributed by atoms with van der Waals surface area (Å²) >= 11 is 11.7. The minimum Gasteiger partial charge on any atom is -0.308 e. The maximum atomic E-state index is 11.8. The second kappa shape index (κ2) is 6.36. The average Bonchev–Trinajstić information content (AvgIpc) is 2.34. The maximum absolute atomic E-state index is 11.8. The summed E-state index contributed by atoms with van der Waals surface area (Å²) in [6.07, 6.45) is 5.03. The number of aromatic nitrogens is 1. The van der Waals surface area contributed by atoms with E-state index in [9.17, 15) is 4.79 Å². The fraction of sp³-hybridized carbons (Fsp3) is 0.500. The van der Waals surface area contributed by atoms with E-state index in [-0.39, 0.29) is 5.91 Å². The van der Waals surface area contributed by atoms with E-state index < -0.39 is 0 Å². The normalized spacial score (nSPS) is 16.6. The number of rotatable bonds is 3. The molecule has 0 spiro atoms. The molecule has 4 nitrogen and oxygen atoms in total. The van der Waals surface area contributed by atoms with Crippen LogP contribution >= 0.6 is 23.2 Å². The molecule has 2 rings (SSSR count). The number of amides is 1. The van der Waals surface area contributed by atoms with Gasteiger partial charge in [-0.2, -0.15) is 0 Å². The van der Waals surface area contributed by atoms with Crippen molar-refractivity contribution in [2.75, 3.05) is 25.0 Å². The third-order valence-electron chi connectivity index (χ3n) is 2.88. The number of carbonyl (C=O) groups is 1. The Morgan fingerprint density at radius 3 is 2.72 bits per heavy atom. The summed E-state index contributed by atoms with van der Waals surface area (Å²) < 4.78 is 0. The third-order valence-corrected chi connectivity index (χ3v) is 3.38. The molecule has 0 unspecified atom stereocenters. The lowest BCUT2D eigenvalue weighted by Crippen LogP contribution is -2.37. The Kier molecular flexibility index (Phi) is 4.80. The molecule has 0 radical (unpaired) electrons. The molecule has 1 aliphatic heterocycles. The molecule has 1 aliphatic rings. The zero-order valence-corrected chi connectivity index (χ0v) is 11.5. The molecule has 1 fully saturated rings. The van der Waals surface area contributed by atoms with Crippen molar-refractivity contribution in [3.63, 3.8) is 0 Å². The van der Waals surface area contributed by atoms with Crippen molar-refractivity contribution < 1.29 is 4.79 Å². The van der Waals surface area contributed by atoms with Crippen LogP contribution in [0.2, 0.25) is 10.0 Å². The number of pyridine rings is 1. The summed E-state index contributed by atoms with van der Waals surface area (Å²) in [4.78, 5) is 18.0. The highest BCUT2D eigenvalue weighted by Gasteiger charge is 2.15. The van der Waals surface area contributed by atoms with Crippen molar-refractivity contribution in [2.45, 2.75) is 19.3 Å². The van der Waals surface area contributed by atoms with Crippen molar-refractivity contribution in [1.82, 2.24) is 9.88 Å².